The number of methoxy groups -OCH3 is 1. The Labute approximate surface area is 131 Å². The number of rotatable bonds is 9. The van der Waals surface area contributed by atoms with Gasteiger partial charge in [0.25, 0.3) is 0 Å². The van der Waals surface area contributed by atoms with E-state index >= 15 is 0 Å². The number of esters is 1. The zero-order chi connectivity index (χ0) is 15.8. The number of fused-ring (bicyclic) bond motifs is 1. The molecule has 2 atom stereocenters. The topological polar surface area (TPSA) is 54.0 Å². The van der Waals surface area contributed by atoms with E-state index in [0.717, 1.165) is 6.42 Å². The van der Waals surface area contributed by atoms with E-state index in [9.17, 15) is 4.79 Å². The number of ether oxygens (including phenoxy) is 4. The van der Waals surface area contributed by atoms with Crippen LogP contribution in [0.15, 0.2) is 24.3 Å². The summed E-state index contributed by atoms with van der Waals surface area (Å²) in [6.07, 6.45) is 0.690. The van der Waals surface area contributed by atoms with Crippen molar-refractivity contribution in [3.8, 4) is 0 Å². The molecule has 0 N–H and O–H groups in total. The highest BCUT2D eigenvalue weighted by molar-refractivity contribution is 5.71. The molecule has 122 valence electrons. The standard InChI is InChI=1S/C17H24O5/c1-13-15-6-4-3-5-14(15)11-16(13)22-17(18)12-21-10-9-20-8-7-19-2/h3-6,13,16H,7-12H2,1-2H3/t13-,16+/m0/s1. The Bertz CT molecular complexity index is 474. The van der Waals surface area contributed by atoms with Gasteiger partial charge in [-0.05, 0) is 11.1 Å². The molecule has 0 bridgehead atoms. The second kappa shape index (κ2) is 8.88. The molecule has 0 spiro atoms. The van der Waals surface area contributed by atoms with E-state index in [0.29, 0.717) is 26.4 Å². The Balaban J connectivity index is 1.62. The van der Waals surface area contributed by atoms with Crippen LogP contribution in [0.4, 0.5) is 0 Å². The summed E-state index contributed by atoms with van der Waals surface area (Å²) in [6, 6.07) is 8.23. The van der Waals surface area contributed by atoms with E-state index in [2.05, 4.69) is 19.1 Å². The van der Waals surface area contributed by atoms with Crippen molar-refractivity contribution in [1.82, 2.24) is 0 Å². The summed E-state index contributed by atoms with van der Waals surface area (Å²) in [5.41, 5.74) is 2.54. The fourth-order valence-corrected chi connectivity index (χ4v) is 2.62. The van der Waals surface area contributed by atoms with Crippen molar-refractivity contribution in [3.63, 3.8) is 0 Å². The van der Waals surface area contributed by atoms with E-state index in [-0.39, 0.29) is 24.6 Å². The molecule has 5 heteroatoms. The van der Waals surface area contributed by atoms with Gasteiger partial charge >= 0.3 is 5.97 Å². The third-order valence-electron chi connectivity index (χ3n) is 3.83. The van der Waals surface area contributed by atoms with E-state index < -0.39 is 0 Å². The molecule has 0 radical (unpaired) electrons. The second-order valence-electron chi connectivity index (χ2n) is 5.38. The molecule has 0 saturated heterocycles. The fraction of sp³-hybridized carbons (Fsp3) is 0.588. The minimum absolute atomic E-state index is 0.0345. The van der Waals surface area contributed by atoms with Gasteiger partial charge in [-0.2, -0.15) is 0 Å². The van der Waals surface area contributed by atoms with E-state index in [1.165, 1.54) is 11.1 Å². The highest BCUT2D eigenvalue weighted by Gasteiger charge is 2.31. The van der Waals surface area contributed by atoms with Crippen LogP contribution in [0.1, 0.15) is 24.0 Å². The molecule has 0 amide bonds. The lowest BCUT2D eigenvalue weighted by molar-refractivity contribution is -0.155. The summed E-state index contributed by atoms with van der Waals surface area (Å²) >= 11 is 0. The second-order valence-corrected chi connectivity index (χ2v) is 5.38. The first kappa shape index (κ1) is 16.9. The van der Waals surface area contributed by atoms with Gasteiger partial charge in [0, 0.05) is 19.4 Å². The minimum Gasteiger partial charge on any atom is -0.460 e. The summed E-state index contributed by atoms with van der Waals surface area (Å²) in [5.74, 6) is -0.0842. The summed E-state index contributed by atoms with van der Waals surface area (Å²) in [6.45, 7) is 3.97. The molecule has 0 fully saturated rings. The van der Waals surface area contributed by atoms with Crippen molar-refractivity contribution in [1.29, 1.82) is 0 Å². The maximum absolute atomic E-state index is 11.8. The van der Waals surface area contributed by atoms with Crippen molar-refractivity contribution in [2.24, 2.45) is 0 Å². The summed E-state index contributed by atoms with van der Waals surface area (Å²) in [5, 5.41) is 0. The number of hydrogen-bond donors (Lipinski definition) is 0. The van der Waals surface area contributed by atoms with Gasteiger partial charge in [0.1, 0.15) is 12.7 Å². The molecule has 1 aromatic carbocycles. The lowest BCUT2D eigenvalue weighted by Crippen LogP contribution is -2.24. The quantitative estimate of drug-likeness (QED) is 0.515. The lowest BCUT2D eigenvalue weighted by Gasteiger charge is -2.17. The maximum atomic E-state index is 11.8. The molecular formula is C17H24O5. The van der Waals surface area contributed by atoms with E-state index in [1.807, 2.05) is 12.1 Å². The van der Waals surface area contributed by atoms with Crippen LogP contribution in [-0.2, 0) is 30.2 Å². The van der Waals surface area contributed by atoms with Gasteiger partial charge in [-0.1, -0.05) is 31.2 Å². The third-order valence-corrected chi connectivity index (χ3v) is 3.83. The Morgan fingerprint density at radius 3 is 2.64 bits per heavy atom. The van der Waals surface area contributed by atoms with Crippen molar-refractivity contribution >= 4 is 5.97 Å². The molecule has 0 saturated carbocycles. The van der Waals surface area contributed by atoms with Crippen LogP contribution in [0.25, 0.3) is 0 Å². The molecular weight excluding hydrogens is 284 g/mol. The van der Waals surface area contributed by atoms with Crippen molar-refractivity contribution in [2.45, 2.75) is 25.4 Å². The Morgan fingerprint density at radius 1 is 1.14 bits per heavy atom. The molecule has 0 aliphatic heterocycles. The van der Waals surface area contributed by atoms with Crippen molar-refractivity contribution in [3.05, 3.63) is 35.4 Å². The predicted octanol–water partition coefficient (Wildman–Crippen LogP) is 1.94. The number of carbonyl (C=O) groups is 1. The van der Waals surface area contributed by atoms with Crippen molar-refractivity contribution < 1.29 is 23.7 Å². The smallest absolute Gasteiger partial charge is 0.332 e. The summed E-state index contributed by atoms with van der Waals surface area (Å²) in [4.78, 5) is 11.8. The first-order valence-electron chi connectivity index (χ1n) is 7.64. The van der Waals surface area contributed by atoms with E-state index in [1.54, 1.807) is 7.11 Å². The Morgan fingerprint density at radius 2 is 1.86 bits per heavy atom. The highest BCUT2D eigenvalue weighted by Crippen LogP contribution is 2.34. The Hall–Kier alpha value is -1.43. The number of hydrogen-bond acceptors (Lipinski definition) is 5. The van der Waals surface area contributed by atoms with Gasteiger partial charge in [-0.15, -0.1) is 0 Å². The van der Waals surface area contributed by atoms with E-state index in [4.69, 9.17) is 18.9 Å². The monoisotopic (exact) mass is 308 g/mol. The van der Waals surface area contributed by atoms with Crippen molar-refractivity contribution in [2.75, 3.05) is 40.1 Å². The summed E-state index contributed by atoms with van der Waals surface area (Å²) < 4.78 is 20.9. The molecule has 0 heterocycles. The molecule has 0 aromatic heterocycles. The molecule has 1 aliphatic carbocycles. The van der Waals surface area contributed by atoms with Gasteiger partial charge in [-0.25, -0.2) is 4.79 Å². The van der Waals surface area contributed by atoms with Crippen LogP contribution in [0.5, 0.6) is 0 Å². The average Bonchev–Trinajstić information content (AvgIpc) is 2.83. The molecule has 0 unspecified atom stereocenters. The van der Waals surface area contributed by atoms with Gasteiger partial charge in [0.05, 0.1) is 26.4 Å². The number of carbonyl (C=O) groups excluding carboxylic acids is 1. The minimum atomic E-state index is -0.318. The molecule has 2 rings (SSSR count). The largest absolute Gasteiger partial charge is 0.460 e. The normalized spacial score (nSPS) is 19.9. The van der Waals surface area contributed by atoms with Crippen LogP contribution >= 0.6 is 0 Å². The van der Waals surface area contributed by atoms with Crippen LogP contribution in [0.2, 0.25) is 0 Å². The third kappa shape index (κ3) is 4.80. The van der Waals surface area contributed by atoms with Gasteiger partial charge in [0.15, 0.2) is 0 Å². The molecule has 5 nitrogen and oxygen atoms in total. The lowest BCUT2D eigenvalue weighted by atomic mass is 10.0. The van der Waals surface area contributed by atoms with Gasteiger partial charge in [0.2, 0.25) is 0 Å². The fourth-order valence-electron chi connectivity index (χ4n) is 2.62. The zero-order valence-corrected chi connectivity index (χ0v) is 13.2. The van der Waals surface area contributed by atoms with Gasteiger partial charge < -0.3 is 18.9 Å². The van der Waals surface area contributed by atoms with Crippen LogP contribution < -0.4 is 0 Å². The predicted molar refractivity (Wildman–Crippen MR) is 82.0 cm³/mol. The Kier molecular flexibility index (Phi) is 6.83. The van der Waals surface area contributed by atoms with Crippen LogP contribution in [-0.4, -0.2) is 52.2 Å². The first-order valence-corrected chi connectivity index (χ1v) is 7.64. The zero-order valence-electron chi connectivity index (χ0n) is 13.2. The molecule has 1 aromatic rings. The molecule has 22 heavy (non-hydrogen) atoms. The first-order chi connectivity index (χ1) is 10.7. The number of benzene rings is 1. The van der Waals surface area contributed by atoms with Crippen LogP contribution in [0.3, 0.4) is 0 Å². The highest BCUT2D eigenvalue weighted by atomic mass is 16.6. The van der Waals surface area contributed by atoms with Crippen LogP contribution in [0, 0.1) is 0 Å². The SMILES string of the molecule is COCCOCCOCC(=O)O[C@@H]1Cc2ccccc2[C@@H]1C. The average molecular weight is 308 g/mol. The van der Waals surface area contributed by atoms with Gasteiger partial charge in [-0.3, -0.25) is 0 Å². The summed E-state index contributed by atoms with van der Waals surface area (Å²) in [7, 11) is 1.62. The maximum Gasteiger partial charge on any atom is 0.332 e. The molecule has 1 aliphatic rings.